The molecule has 7 nitrogen and oxygen atoms in total. The van der Waals surface area contributed by atoms with Crippen molar-refractivity contribution in [2.24, 2.45) is 5.92 Å². The molecule has 0 spiro atoms. The lowest BCUT2D eigenvalue weighted by Crippen LogP contribution is -2.19. The van der Waals surface area contributed by atoms with Crippen molar-refractivity contribution in [2.45, 2.75) is 78.1 Å². The van der Waals surface area contributed by atoms with E-state index in [0.717, 1.165) is 29.9 Å². The first-order valence-electron chi connectivity index (χ1n) is 11.6. The van der Waals surface area contributed by atoms with E-state index >= 15 is 0 Å². The van der Waals surface area contributed by atoms with Crippen LogP contribution in [0.25, 0.3) is 0 Å². The van der Waals surface area contributed by atoms with Crippen molar-refractivity contribution >= 4 is 17.2 Å². The van der Waals surface area contributed by atoms with Crippen LogP contribution in [0.3, 0.4) is 0 Å². The first-order chi connectivity index (χ1) is 15.9. The number of benzene rings is 2. The fourth-order valence-corrected chi connectivity index (χ4v) is 4.21. The topological polar surface area (TPSA) is 131 Å². The Bertz CT molecular complexity index is 819. The second kappa shape index (κ2) is 15.6. The van der Waals surface area contributed by atoms with E-state index in [4.69, 9.17) is 19.6 Å². The number of unbranched alkanes of at least 4 members (excludes halogenated alkanes) is 4. The Morgan fingerprint density at radius 1 is 0.765 bits per heavy atom. The summed E-state index contributed by atoms with van der Waals surface area (Å²) in [6.07, 6.45) is 8.54. The van der Waals surface area contributed by atoms with E-state index in [1.807, 2.05) is 24.3 Å². The maximum absolute atomic E-state index is 10.3. The van der Waals surface area contributed by atoms with E-state index in [0.29, 0.717) is 5.75 Å². The van der Waals surface area contributed by atoms with Gasteiger partial charge in [-0.1, -0.05) is 84.1 Å². The number of hydrogen-bond acceptors (Lipinski definition) is 7. The molecule has 9 heteroatoms. The molecule has 0 saturated heterocycles. The zero-order valence-corrected chi connectivity index (χ0v) is 22.3. The van der Waals surface area contributed by atoms with E-state index in [-0.39, 0.29) is 11.2 Å². The number of rotatable bonds is 12. The van der Waals surface area contributed by atoms with Crippen molar-refractivity contribution in [2.75, 3.05) is 0 Å². The van der Waals surface area contributed by atoms with Crippen LogP contribution in [-0.4, -0.2) is 29.8 Å². The Morgan fingerprint density at radius 2 is 1.29 bits per heavy atom. The molecule has 0 saturated carbocycles. The van der Waals surface area contributed by atoms with Gasteiger partial charge in [0, 0.05) is 5.41 Å². The van der Waals surface area contributed by atoms with E-state index in [1.165, 1.54) is 37.7 Å². The molecule has 0 aromatic heterocycles. The molecule has 0 amide bonds. The molecule has 2 rings (SSSR count). The first-order valence-corrected chi connectivity index (χ1v) is 13.9. The first kappa shape index (κ1) is 30.7. The van der Waals surface area contributed by atoms with Crippen LogP contribution in [0.4, 0.5) is 0 Å². The number of hydrogen-bond donors (Lipinski definition) is 6. The highest BCUT2D eigenvalue weighted by Gasteiger charge is 2.24. The molecule has 0 atom stereocenters. The average Bonchev–Trinajstić information content (AvgIpc) is 2.73. The molecule has 0 unspecified atom stereocenters. The summed E-state index contributed by atoms with van der Waals surface area (Å²) in [5.41, 5.74) is 3.22. The average molecular weight is 515 g/mol. The standard InChI is InChI=1S/C25H36O2.H4O5P2/c1-19(2)10-8-6-5-7-9-11-20-18-22(14-17-24(20)27)25(3,4)21-12-15-23(26)16-13-21;1-6(2)5-7(3)4/h12-19,26-27H,5-11H2,1-4H3;1-4H. The monoisotopic (exact) mass is 514 g/mol. The van der Waals surface area contributed by atoms with Crippen LogP contribution in [0.15, 0.2) is 42.5 Å². The van der Waals surface area contributed by atoms with Gasteiger partial charge in [0.1, 0.15) is 11.5 Å². The fraction of sp³-hybridized carbons (Fsp3) is 0.520. The van der Waals surface area contributed by atoms with Crippen molar-refractivity contribution < 1.29 is 34.1 Å². The molecule has 34 heavy (non-hydrogen) atoms. The van der Waals surface area contributed by atoms with Crippen LogP contribution in [0, 0.1) is 5.92 Å². The largest absolute Gasteiger partial charge is 0.508 e. The molecule has 6 N–H and O–H groups in total. The van der Waals surface area contributed by atoms with Gasteiger partial charge in [0.15, 0.2) is 0 Å². The van der Waals surface area contributed by atoms with Crippen molar-refractivity contribution in [1.82, 2.24) is 0 Å². The van der Waals surface area contributed by atoms with Gasteiger partial charge >= 0.3 is 17.2 Å². The van der Waals surface area contributed by atoms with Crippen LogP contribution in [0.1, 0.15) is 82.9 Å². The summed E-state index contributed by atoms with van der Waals surface area (Å²) in [6.45, 7) is 8.94. The quantitative estimate of drug-likeness (QED) is 0.143. The number of aromatic hydroxyl groups is 2. The minimum atomic E-state index is -2.61. The van der Waals surface area contributed by atoms with Crippen molar-refractivity contribution in [3.05, 3.63) is 59.2 Å². The van der Waals surface area contributed by atoms with Crippen LogP contribution >= 0.6 is 17.2 Å². The van der Waals surface area contributed by atoms with E-state index in [2.05, 4.69) is 38.1 Å². The number of phenols is 2. The van der Waals surface area contributed by atoms with Gasteiger partial charge in [-0.25, -0.2) is 4.31 Å². The summed E-state index contributed by atoms with van der Waals surface area (Å²) < 4.78 is 3.60. The van der Waals surface area contributed by atoms with Crippen LogP contribution in [0.2, 0.25) is 0 Å². The molecule has 0 fully saturated rings. The molecule has 0 heterocycles. The predicted octanol–water partition coefficient (Wildman–Crippen LogP) is 6.39. The predicted molar refractivity (Wildman–Crippen MR) is 138 cm³/mol. The number of aryl methyl sites for hydroxylation is 1. The van der Waals surface area contributed by atoms with Crippen molar-refractivity contribution in [1.29, 1.82) is 0 Å². The van der Waals surface area contributed by atoms with Gasteiger partial charge in [-0.05, 0) is 53.6 Å². The minimum absolute atomic E-state index is 0.174. The molecular weight excluding hydrogens is 474 g/mol. The van der Waals surface area contributed by atoms with Gasteiger partial charge in [0.25, 0.3) is 0 Å². The smallest absolute Gasteiger partial charge is 0.334 e. The third kappa shape index (κ3) is 11.9. The Morgan fingerprint density at radius 3 is 1.82 bits per heavy atom. The van der Waals surface area contributed by atoms with Gasteiger partial charge in [0.2, 0.25) is 0 Å². The zero-order chi connectivity index (χ0) is 25.7. The zero-order valence-electron chi connectivity index (χ0n) is 20.6. The molecule has 2 aromatic carbocycles. The maximum atomic E-state index is 10.3. The highest BCUT2D eigenvalue weighted by molar-refractivity contribution is 7.53. The molecule has 192 valence electrons. The normalized spacial score (nSPS) is 11.7. The minimum Gasteiger partial charge on any atom is -0.508 e. The summed E-state index contributed by atoms with van der Waals surface area (Å²) in [4.78, 5) is 31.3. The Hall–Kier alpha value is -1.30. The third-order valence-corrected chi connectivity index (χ3v) is 6.93. The highest BCUT2D eigenvalue weighted by atomic mass is 31.2. The maximum Gasteiger partial charge on any atom is 0.334 e. The lowest BCUT2D eigenvalue weighted by Gasteiger charge is -2.27. The highest BCUT2D eigenvalue weighted by Crippen LogP contribution is 2.41. The van der Waals surface area contributed by atoms with Gasteiger partial charge in [0.05, 0.1) is 0 Å². The van der Waals surface area contributed by atoms with Crippen molar-refractivity contribution in [3.8, 4) is 11.5 Å². The van der Waals surface area contributed by atoms with Crippen LogP contribution < -0.4 is 0 Å². The molecule has 0 aliphatic rings. The summed E-state index contributed by atoms with van der Waals surface area (Å²) >= 11 is 0. The van der Waals surface area contributed by atoms with E-state index in [1.54, 1.807) is 12.1 Å². The Labute approximate surface area is 206 Å². The summed E-state index contributed by atoms with van der Waals surface area (Å²) in [6, 6.07) is 13.4. The molecular formula is C25H40O7P2. The van der Waals surface area contributed by atoms with Gasteiger partial charge in [-0.15, -0.1) is 0 Å². The van der Waals surface area contributed by atoms with E-state index in [9.17, 15) is 10.2 Å². The molecule has 0 radical (unpaired) electrons. The molecule has 0 aliphatic heterocycles. The van der Waals surface area contributed by atoms with Gasteiger partial charge in [-0.3, -0.25) is 0 Å². The summed E-state index contributed by atoms with van der Waals surface area (Å²) in [5, 5.41) is 19.8. The second-order valence-electron chi connectivity index (χ2n) is 9.30. The lowest BCUT2D eigenvalue weighted by molar-refractivity contribution is 0.324. The third-order valence-electron chi connectivity index (χ3n) is 5.76. The van der Waals surface area contributed by atoms with Crippen molar-refractivity contribution in [3.63, 3.8) is 0 Å². The summed E-state index contributed by atoms with van der Waals surface area (Å²) in [7, 11) is -5.22. The SMILES string of the molecule is CC(C)CCCCCCCc1cc(C(C)(C)c2ccc(O)cc2)ccc1O.OP(O)OP(O)O. The summed E-state index contributed by atoms with van der Waals surface area (Å²) in [5.74, 6) is 1.50. The van der Waals surface area contributed by atoms with Gasteiger partial charge in [-0.2, -0.15) is 0 Å². The molecule has 2 aromatic rings. The number of phenolic OH excluding ortho intramolecular Hbond substituents is 2. The Balaban J connectivity index is 0.000000718. The Kier molecular flexibility index (Phi) is 14.1. The van der Waals surface area contributed by atoms with Crippen LogP contribution in [0.5, 0.6) is 11.5 Å². The van der Waals surface area contributed by atoms with E-state index < -0.39 is 17.2 Å². The lowest BCUT2D eigenvalue weighted by atomic mass is 9.77. The van der Waals surface area contributed by atoms with Crippen LogP contribution in [-0.2, 0) is 16.1 Å². The second-order valence-corrected chi connectivity index (χ2v) is 11.0. The fourth-order valence-electron chi connectivity index (χ4n) is 3.68. The van der Waals surface area contributed by atoms with Gasteiger partial charge < -0.3 is 29.8 Å². The molecule has 0 bridgehead atoms. The molecule has 0 aliphatic carbocycles.